The van der Waals surface area contributed by atoms with Crippen molar-refractivity contribution in [1.82, 2.24) is 0 Å². The summed E-state index contributed by atoms with van der Waals surface area (Å²) in [5.41, 5.74) is 0.667. The van der Waals surface area contributed by atoms with Gasteiger partial charge in [0.2, 0.25) is 0 Å². The van der Waals surface area contributed by atoms with Crippen LogP contribution in [0.3, 0.4) is 0 Å². The van der Waals surface area contributed by atoms with Crippen molar-refractivity contribution in [1.29, 1.82) is 0 Å². The maximum Gasteiger partial charge on any atom is 0.338 e. The van der Waals surface area contributed by atoms with E-state index in [1.807, 2.05) is 0 Å². The molecule has 1 aromatic rings. The molecule has 0 aliphatic carbocycles. The van der Waals surface area contributed by atoms with Crippen molar-refractivity contribution in [2.45, 2.75) is 12.2 Å². The third kappa shape index (κ3) is 1.61. The van der Waals surface area contributed by atoms with E-state index < -0.39 is 12.1 Å². The van der Waals surface area contributed by atoms with Gasteiger partial charge in [-0.05, 0) is 17.7 Å². The molecule has 74 valence electrons. The lowest BCUT2D eigenvalue weighted by molar-refractivity contribution is -0.142. The average Bonchev–Trinajstić information content (AvgIpc) is 2.96. The van der Waals surface area contributed by atoms with E-state index >= 15 is 0 Å². The Hall–Kier alpha value is -1.42. The monoisotopic (exact) mass is 196 g/mol. The fraction of sp³-hybridized carbons (Fsp3) is 0.300. The number of ether oxygens (including phenoxy) is 2. The molecule has 0 saturated carbocycles. The molecule has 1 fully saturated rings. The molecular weight excluding hydrogens is 187 g/mol. The SMILES string of the molecule is COC(=O)C1OC1c1cccc(F)c1. The minimum atomic E-state index is -0.568. The summed E-state index contributed by atoms with van der Waals surface area (Å²) in [7, 11) is 1.30. The Morgan fingerprint density at radius 3 is 3.00 bits per heavy atom. The highest BCUT2D eigenvalue weighted by molar-refractivity contribution is 5.78. The molecule has 1 heterocycles. The standard InChI is InChI=1S/C10H9FO3/c1-13-10(12)9-8(14-9)6-3-2-4-7(11)5-6/h2-5,8-9H,1H3. The Morgan fingerprint density at radius 1 is 1.57 bits per heavy atom. The molecular formula is C10H9FO3. The van der Waals surface area contributed by atoms with Crippen LogP contribution >= 0.6 is 0 Å². The summed E-state index contributed by atoms with van der Waals surface area (Å²) in [5, 5.41) is 0. The molecule has 2 atom stereocenters. The number of halogens is 1. The van der Waals surface area contributed by atoms with Crippen LogP contribution in [0.5, 0.6) is 0 Å². The lowest BCUT2D eigenvalue weighted by atomic mass is 10.1. The number of methoxy groups -OCH3 is 1. The zero-order chi connectivity index (χ0) is 10.1. The molecule has 1 aliphatic rings. The van der Waals surface area contributed by atoms with Gasteiger partial charge in [0.05, 0.1) is 7.11 Å². The lowest BCUT2D eigenvalue weighted by Crippen LogP contribution is -2.09. The van der Waals surface area contributed by atoms with Gasteiger partial charge in [-0.3, -0.25) is 0 Å². The summed E-state index contributed by atoms with van der Waals surface area (Å²) in [6.45, 7) is 0. The zero-order valence-corrected chi connectivity index (χ0v) is 7.57. The number of carbonyl (C=O) groups excluding carboxylic acids is 1. The molecule has 3 nitrogen and oxygen atoms in total. The highest BCUT2D eigenvalue weighted by Gasteiger charge is 2.47. The summed E-state index contributed by atoms with van der Waals surface area (Å²) in [4.78, 5) is 11.0. The van der Waals surface area contributed by atoms with Crippen LogP contribution in [0.25, 0.3) is 0 Å². The van der Waals surface area contributed by atoms with E-state index in [1.54, 1.807) is 12.1 Å². The Balaban J connectivity index is 2.09. The van der Waals surface area contributed by atoms with Crippen LogP contribution in [0.2, 0.25) is 0 Å². The van der Waals surface area contributed by atoms with E-state index in [1.165, 1.54) is 19.2 Å². The molecule has 0 radical (unpaired) electrons. The largest absolute Gasteiger partial charge is 0.467 e. The summed E-state index contributed by atoms with van der Waals surface area (Å²) in [6.07, 6.45) is -0.917. The molecule has 0 N–H and O–H groups in total. The number of benzene rings is 1. The minimum Gasteiger partial charge on any atom is -0.467 e. The Labute approximate surface area is 80.4 Å². The van der Waals surface area contributed by atoms with E-state index in [4.69, 9.17) is 4.74 Å². The summed E-state index contributed by atoms with van der Waals surface area (Å²) < 4.78 is 22.4. The van der Waals surface area contributed by atoms with Gasteiger partial charge >= 0.3 is 5.97 Å². The number of hydrogen-bond acceptors (Lipinski definition) is 3. The first-order valence-corrected chi connectivity index (χ1v) is 4.21. The fourth-order valence-electron chi connectivity index (χ4n) is 1.34. The lowest BCUT2D eigenvalue weighted by Gasteiger charge is -1.95. The van der Waals surface area contributed by atoms with Gasteiger partial charge in [-0.1, -0.05) is 12.1 Å². The highest BCUT2D eigenvalue weighted by atomic mass is 19.1. The summed E-state index contributed by atoms with van der Waals surface area (Å²) in [5.74, 6) is -0.749. The van der Waals surface area contributed by atoms with Crippen molar-refractivity contribution in [2.75, 3.05) is 7.11 Å². The molecule has 0 aromatic heterocycles. The topological polar surface area (TPSA) is 38.8 Å². The molecule has 1 aliphatic heterocycles. The van der Waals surface area contributed by atoms with Gasteiger partial charge in [0.15, 0.2) is 6.10 Å². The van der Waals surface area contributed by atoms with E-state index in [0.29, 0.717) is 5.56 Å². The van der Waals surface area contributed by atoms with Gasteiger partial charge in [0, 0.05) is 0 Å². The van der Waals surface area contributed by atoms with Gasteiger partial charge < -0.3 is 9.47 Å². The second-order valence-electron chi connectivity index (χ2n) is 3.06. The third-order valence-electron chi connectivity index (χ3n) is 2.10. The first kappa shape index (κ1) is 9.15. The molecule has 0 bridgehead atoms. The molecule has 2 unspecified atom stereocenters. The Bertz CT molecular complexity index is 364. The quantitative estimate of drug-likeness (QED) is 0.530. The number of rotatable bonds is 2. The predicted octanol–water partition coefficient (Wildman–Crippen LogP) is 1.44. The van der Waals surface area contributed by atoms with E-state index in [9.17, 15) is 9.18 Å². The fourth-order valence-corrected chi connectivity index (χ4v) is 1.34. The van der Waals surface area contributed by atoms with Crippen molar-refractivity contribution in [3.63, 3.8) is 0 Å². The molecule has 1 saturated heterocycles. The van der Waals surface area contributed by atoms with Crippen molar-refractivity contribution in [3.8, 4) is 0 Å². The number of esters is 1. The zero-order valence-electron chi connectivity index (χ0n) is 7.57. The van der Waals surface area contributed by atoms with Gasteiger partial charge in [-0.25, -0.2) is 9.18 Å². The smallest absolute Gasteiger partial charge is 0.338 e. The highest BCUT2D eigenvalue weighted by Crippen LogP contribution is 2.39. The summed E-state index contributed by atoms with van der Waals surface area (Å²) >= 11 is 0. The van der Waals surface area contributed by atoms with E-state index in [-0.39, 0.29) is 11.9 Å². The van der Waals surface area contributed by atoms with Crippen molar-refractivity contribution < 1.29 is 18.7 Å². The molecule has 4 heteroatoms. The Kier molecular flexibility index (Phi) is 2.21. The molecule has 0 spiro atoms. The van der Waals surface area contributed by atoms with Crippen LogP contribution in [-0.2, 0) is 14.3 Å². The van der Waals surface area contributed by atoms with Crippen molar-refractivity contribution in [3.05, 3.63) is 35.6 Å². The molecule has 14 heavy (non-hydrogen) atoms. The molecule has 2 rings (SSSR count). The second kappa shape index (κ2) is 3.38. The first-order valence-electron chi connectivity index (χ1n) is 4.21. The van der Waals surface area contributed by atoms with Crippen LogP contribution in [0.15, 0.2) is 24.3 Å². The Morgan fingerprint density at radius 2 is 2.36 bits per heavy atom. The average molecular weight is 196 g/mol. The van der Waals surface area contributed by atoms with Gasteiger partial charge in [0.25, 0.3) is 0 Å². The van der Waals surface area contributed by atoms with Crippen LogP contribution < -0.4 is 0 Å². The van der Waals surface area contributed by atoms with Crippen molar-refractivity contribution >= 4 is 5.97 Å². The number of epoxide rings is 1. The normalized spacial score (nSPS) is 24.4. The molecule has 0 amide bonds. The minimum absolute atomic E-state index is 0.332. The van der Waals surface area contributed by atoms with E-state index in [0.717, 1.165) is 0 Å². The molecule has 1 aromatic carbocycles. The second-order valence-corrected chi connectivity index (χ2v) is 3.06. The van der Waals surface area contributed by atoms with Crippen LogP contribution in [0, 0.1) is 5.82 Å². The predicted molar refractivity (Wildman–Crippen MR) is 46.0 cm³/mol. The van der Waals surface area contributed by atoms with Gasteiger partial charge in [0.1, 0.15) is 11.9 Å². The van der Waals surface area contributed by atoms with Gasteiger partial charge in [-0.15, -0.1) is 0 Å². The maximum atomic E-state index is 12.8. The maximum absolute atomic E-state index is 12.8. The van der Waals surface area contributed by atoms with Crippen LogP contribution in [-0.4, -0.2) is 19.2 Å². The van der Waals surface area contributed by atoms with Crippen LogP contribution in [0.1, 0.15) is 11.7 Å². The first-order chi connectivity index (χ1) is 6.72. The van der Waals surface area contributed by atoms with E-state index in [2.05, 4.69) is 4.74 Å². The number of hydrogen-bond donors (Lipinski definition) is 0. The number of carbonyl (C=O) groups is 1. The van der Waals surface area contributed by atoms with Crippen molar-refractivity contribution in [2.24, 2.45) is 0 Å². The van der Waals surface area contributed by atoms with Crippen LogP contribution in [0.4, 0.5) is 4.39 Å². The third-order valence-corrected chi connectivity index (χ3v) is 2.10. The summed E-state index contributed by atoms with van der Waals surface area (Å²) in [6, 6.07) is 6.00. The van der Waals surface area contributed by atoms with Gasteiger partial charge in [-0.2, -0.15) is 0 Å².